The SMILES string of the molecule is COc1cc(C)c(Cl)cc1C(F)(F)C(C)N. The molecular weight excluding hydrogens is 236 g/mol. The van der Waals surface area contributed by atoms with E-state index in [1.807, 2.05) is 0 Å². The zero-order valence-electron chi connectivity index (χ0n) is 9.35. The van der Waals surface area contributed by atoms with Gasteiger partial charge in [0.25, 0.3) is 5.92 Å². The van der Waals surface area contributed by atoms with Crippen LogP contribution in [0.1, 0.15) is 18.1 Å². The van der Waals surface area contributed by atoms with Crippen LogP contribution in [-0.2, 0) is 5.92 Å². The monoisotopic (exact) mass is 249 g/mol. The summed E-state index contributed by atoms with van der Waals surface area (Å²) in [6, 6.07) is 1.38. The summed E-state index contributed by atoms with van der Waals surface area (Å²) in [4.78, 5) is 0. The Hall–Kier alpha value is -0.870. The Bertz CT molecular complexity index is 394. The number of aryl methyl sites for hydroxylation is 1. The highest BCUT2D eigenvalue weighted by Crippen LogP contribution is 2.39. The zero-order valence-corrected chi connectivity index (χ0v) is 10.1. The Morgan fingerprint density at radius 3 is 2.44 bits per heavy atom. The molecule has 0 bridgehead atoms. The van der Waals surface area contributed by atoms with E-state index in [0.29, 0.717) is 5.56 Å². The zero-order chi connectivity index (χ0) is 12.5. The van der Waals surface area contributed by atoms with E-state index < -0.39 is 12.0 Å². The van der Waals surface area contributed by atoms with Crippen LogP contribution in [0.5, 0.6) is 5.75 Å². The quantitative estimate of drug-likeness (QED) is 0.893. The third-order valence-corrected chi connectivity index (χ3v) is 2.82. The summed E-state index contributed by atoms with van der Waals surface area (Å²) in [6.07, 6.45) is 0. The minimum absolute atomic E-state index is 0.101. The molecule has 0 aliphatic heterocycles. The predicted octanol–water partition coefficient (Wildman–Crippen LogP) is 3.10. The molecule has 1 aromatic carbocycles. The summed E-state index contributed by atoms with van der Waals surface area (Å²) in [6.45, 7) is 2.96. The fraction of sp³-hybridized carbons (Fsp3) is 0.455. The number of rotatable bonds is 3. The molecule has 1 aromatic rings. The maximum atomic E-state index is 13.8. The number of nitrogens with two attached hydrogens (primary N) is 1. The van der Waals surface area contributed by atoms with Gasteiger partial charge in [0.2, 0.25) is 0 Å². The molecule has 16 heavy (non-hydrogen) atoms. The van der Waals surface area contributed by atoms with Gasteiger partial charge in [0.1, 0.15) is 5.75 Å². The lowest BCUT2D eigenvalue weighted by atomic mass is 10.0. The van der Waals surface area contributed by atoms with Crippen LogP contribution >= 0.6 is 11.6 Å². The van der Waals surface area contributed by atoms with Crippen molar-refractivity contribution in [1.82, 2.24) is 0 Å². The molecule has 0 heterocycles. The molecular formula is C11H14ClF2NO. The average Bonchev–Trinajstić information content (AvgIpc) is 2.20. The van der Waals surface area contributed by atoms with Crippen molar-refractivity contribution in [3.8, 4) is 5.75 Å². The van der Waals surface area contributed by atoms with Gasteiger partial charge in [-0.05, 0) is 31.5 Å². The lowest BCUT2D eigenvalue weighted by molar-refractivity contribution is -0.0275. The first-order valence-corrected chi connectivity index (χ1v) is 5.16. The molecule has 0 spiro atoms. The maximum Gasteiger partial charge on any atom is 0.291 e. The number of ether oxygens (including phenoxy) is 1. The van der Waals surface area contributed by atoms with E-state index >= 15 is 0 Å². The highest BCUT2D eigenvalue weighted by Gasteiger charge is 2.39. The largest absolute Gasteiger partial charge is 0.496 e. The van der Waals surface area contributed by atoms with E-state index in [1.54, 1.807) is 6.92 Å². The van der Waals surface area contributed by atoms with Crippen molar-refractivity contribution in [3.05, 3.63) is 28.3 Å². The molecule has 90 valence electrons. The molecule has 0 aliphatic rings. The van der Waals surface area contributed by atoms with E-state index in [0.717, 1.165) is 0 Å². The van der Waals surface area contributed by atoms with Crippen LogP contribution < -0.4 is 10.5 Å². The second-order valence-electron chi connectivity index (χ2n) is 3.71. The summed E-state index contributed by atoms with van der Waals surface area (Å²) >= 11 is 5.82. The van der Waals surface area contributed by atoms with Gasteiger partial charge < -0.3 is 10.5 Å². The Morgan fingerprint density at radius 2 is 2.00 bits per heavy atom. The van der Waals surface area contributed by atoms with Crippen molar-refractivity contribution in [2.75, 3.05) is 7.11 Å². The van der Waals surface area contributed by atoms with Crippen LogP contribution in [0.3, 0.4) is 0 Å². The maximum absolute atomic E-state index is 13.8. The summed E-state index contributed by atoms with van der Waals surface area (Å²) < 4.78 is 32.5. The van der Waals surface area contributed by atoms with Crippen molar-refractivity contribution in [2.24, 2.45) is 5.73 Å². The van der Waals surface area contributed by atoms with Crippen LogP contribution in [0.2, 0.25) is 5.02 Å². The molecule has 0 saturated carbocycles. The van der Waals surface area contributed by atoms with Gasteiger partial charge in [0, 0.05) is 5.02 Å². The fourth-order valence-corrected chi connectivity index (χ4v) is 1.49. The second kappa shape index (κ2) is 4.55. The number of hydrogen-bond acceptors (Lipinski definition) is 2. The minimum Gasteiger partial charge on any atom is -0.496 e. The van der Waals surface area contributed by atoms with Gasteiger partial charge in [-0.3, -0.25) is 0 Å². The van der Waals surface area contributed by atoms with Gasteiger partial charge in [-0.2, -0.15) is 8.78 Å². The van der Waals surface area contributed by atoms with Crippen LogP contribution in [0, 0.1) is 6.92 Å². The molecule has 1 rings (SSSR count). The Balaban J connectivity index is 3.37. The molecule has 0 aromatic heterocycles. The standard InChI is InChI=1S/C11H14ClF2NO/c1-6-4-10(16-3)8(5-9(6)12)11(13,14)7(2)15/h4-5,7H,15H2,1-3H3. The lowest BCUT2D eigenvalue weighted by Crippen LogP contribution is -2.36. The van der Waals surface area contributed by atoms with Gasteiger partial charge in [-0.15, -0.1) is 0 Å². The smallest absolute Gasteiger partial charge is 0.291 e. The lowest BCUT2D eigenvalue weighted by Gasteiger charge is -2.23. The molecule has 0 radical (unpaired) electrons. The average molecular weight is 250 g/mol. The fourth-order valence-electron chi connectivity index (χ4n) is 1.33. The number of benzene rings is 1. The number of hydrogen-bond donors (Lipinski definition) is 1. The molecule has 0 fully saturated rings. The van der Waals surface area contributed by atoms with E-state index in [2.05, 4.69) is 0 Å². The molecule has 5 heteroatoms. The first-order chi connectivity index (χ1) is 7.30. The van der Waals surface area contributed by atoms with Gasteiger partial charge in [0.05, 0.1) is 18.7 Å². The van der Waals surface area contributed by atoms with Crippen molar-refractivity contribution in [3.63, 3.8) is 0 Å². The highest BCUT2D eigenvalue weighted by molar-refractivity contribution is 6.31. The van der Waals surface area contributed by atoms with Gasteiger partial charge in [-0.1, -0.05) is 11.6 Å². The molecule has 2 nitrogen and oxygen atoms in total. The molecule has 1 atom stereocenters. The van der Waals surface area contributed by atoms with E-state index in [4.69, 9.17) is 22.1 Å². The first kappa shape index (κ1) is 13.2. The first-order valence-electron chi connectivity index (χ1n) is 4.78. The number of alkyl halides is 2. The summed E-state index contributed by atoms with van der Waals surface area (Å²) in [7, 11) is 1.34. The summed E-state index contributed by atoms with van der Waals surface area (Å²) in [5.74, 6) is -3.06. The van der Waals surface area contributed by atoms with Crippen LogP contribution in [0.25, 0.3) is 0 Å². The summed E-state index contributed by atoms with van der Waals surface area (Å²) in [5, 5.41) is 0.274. The third kappa shape index (κ3) is 2.28. The van der Waals surface area contributed by atoms with Gasteiger partial charge >= 0.3 is 0 Å². The highest BCUT2D eigenvalue weighted by atomic mass is 35.5. The van der Waals surface area contributed by atoms with Crippen LogP contribution in [0.15, 0.2) is 12.1 Å². The Morgan fingerprint density at radius 1 is 1.44 bits per heavy atom. The van der Waals surface area contributed by atoms with E-state index in [-0.39, 0.29) is 16.3 Å². The van der Waals surface area contributed by atoms with E-state index in [1.165, 1.54) is 26.2 Å². The minimum atomic E-state index is -3.16. The molecule has 2 N–H and O–H groups in total. The third-order valence-electron chi connectivity index (χ3n) is 2.41. The second-order valence-corrected chi connectivity index (χ2v) is 4.12. The van der Waals surface area contributed by atoms with Crippen LogP contribution in [0.4, 0.5) is 8.78 Å². The Labute approximate surface area is 98.3 Å². The van der Waals surface area contributed by atoms with Gasteiger partial charge in [0.15, 0.2) is 0 Å². The molecule has 0 saturated heterocycles. The van der Waals surface area contributed by atoms with E-state index in [9.17, 15) is 8.78 Å². The number of halogens is 3. The molecule has 0 amide bonds. The van der Waals surface area contributed by atoms with Crippen LogP contribution in [-0.4, -0.2) is 13.2 Å². The van der Waals surface area contributed by atoms with Crippen molar-refractivity contribution < 1.29 is 13.5 Å². The van der Waals surface area contributed by atoms with Crippen molar-refractivity contribution >= 4 is 11.6 Å². The van der Waals surface area contributed by atoms with Gasteiger partial charge in [-0.25, -0.2) is 0 Å². The molecule has 0 aliphatic carbocycles. The van der Waals surface area contributed by atoms with Crippen molar-refractivity contribution in [1.29, 1.82) is 0 Å². The Kier molecular flexibility index (Phi) is 3.76. The predicted molar refractivity (Wildman–Crippen MR) is 60.3 cm³/mol. The normalized spacial score (nSPS) is 13.7. The topological polar surface area (TPSA) is 35.2 Å². The summed E-state index contributed by atoms with van der Waals surface area (Å²) in [5.41, 5.74) is 5.67. The number of methoxy groups -OCH3 is 1. The van der Waals surface area contributed by atoms with Crippen molar-refractivity contribution in [2.45, 2.75) is 25.8 Å². The molecule has 1 unspecified atom stereocenters.